The quantitative estimate of drug-likeness (QED) is 0.895. The highest BCUT2D eigenvalue weighted by Crippen LogP contribution is 2.34. The van der Waals surface area contributed by atoms with Gasteiger partial charge in [-0.25, -0.2) is 0 Å². The maximum absolute atomic E-state index is 11.4. The van der Waals surface area contributed by atoms with Crippen molar-refractivity contribution in [3.8, 4) is 0 Å². The molecule has 1 unspecified atom stereocenters. The minimum absolute atomic E-state index is 0.0223. The number of benzene rings is 1. The van der Waals surface area contributed by atoms with Crippen LogP contribution in [0.1, 0.15) is 24.1 Å². The first-order valence-electron chi connectivity index (χ1n) is 6.04. The SMILES string of the molecule is CC(Nc1cc2c(cc1Cl)NC(=O)C2)c1ccsc1. The summed E-state index contributed by atoms with van der Waals surface area (Å²) >= 11 is 7.93. The Morgan fingerprint density at radius 1 is 1.47 bits per heavy atom. The fraction of sp³-hybridized carbons (Fsp3) is 0.214. The molecule has 3 rings (SSSR count). The van der Waals surface area contributed by atoms with Crippen LogP contribution in [0.5, 0.6) is 0 Å². The number of anilines is 2. The van der Waals surface area contributed by atoms with Crippen LogP contribution in [0.2, 0.25) is 5.02 Å². The van der Waals surface area contributed by atoms with Crippen LogP contribution in [-0.2, 0) is 11.2 Å². The Kier molecular flexibility index (Phi) is 3.21. The van der Waals surface area contributed by atoms with E-state index in [1.807, 2.05) is 12.1 Å². The molecule has 1 aromatic heterocycles. The number of fused-ring (bicyclic) bond motifs is 1. The molecule has 2 heterocycles. The van der Waals surface area contributed by atoms with Crippen LogP contribution < -0.4 is 10.6 Å². The number of rotatable bonds is 3. The van der Waals surface area contributed by atoms with E-state index in [9.17, 15) is 4.79 Å². The van der Waals surface area contributed by atoms with Gasteiger partial charge in [0.2, 0.25) is 5.91 Å². The minimum atomic E-state index is 0.0223. The van der Waals surface area contributed by atoms with Crippen LogP contribution >= 0.6 is 22.9 Å². The lowest BCUT2D eigenvalue weighted by Crippen LogP contribution is -2.06. The fourth-order valence-electron chi connectivity index (χ4n) is 2.20. The molecule has 0 fully saturated rings. The lowest BCUT2D eigenvalue weighted by atomic mass is 10.1. The van der Waals surface area contributed by atoms with E-state index in [0.717, 1.165) is 16.9 Å². The van der Waals surface area contributed by atoms with Gasteiger partial charge < -0.3 is 10.6 Å². The second-order valence-corrected chi connectivity index (χ2v) is 5.82. The number of hydrogen-bond acceptors (Lipinski definition) is 3. The number of carbonyl (C=O) groups excluding carboxylic acids is 1. The highest BCUT2D eigenvalue weighted by molar-refractivity contribution is 7.08. The van der Waals surface area contributed by atoms with Crippen LogP contribution in [0, 0.1) is 0 Å². The molecule has 0 radical (unpaired) electrons. The third kappa shape index (κ3) is 2.46. The van der Waals surface area contributed by atoms with Crippen LogP contribution in [-0.4, -0.2) is 5.91 Å². The third-order valence-corrected chi connectivity index (χ3v) is 4.25. The van der Waals surface area contributed by atoms with Crippen LogP contribution in [0.3, 0.4) is 0 Å². The number of halogens is 1. The van der Waals surface area contributed by atoms with E-state index in [2.05, 4.69) is 34.4 Å². The summed E-state index contributed by atoms with van der Waals surface area (Å²) in [5, 5.41) is 11.0. The molecule has 1 aromatic carbocycles. The summed E-state index contributed by atoms with van der Waals surface area (Å²) in [6, 6.07) is 6.05. The molecule has 19 heavy (non-hydrogen) atoms. The van der Waals surface area contributed by atoms with Gasteiger partial charge in [-0.3, -0.25) is 4.79 Å². The van der Waals surface area contributed by atoms with E-state index in [1.165, 1.54) is 5.56 Å². The van der Waals surface area contributed by atoms with E-state index in [0.29, 0.717) is 11.4 Å². The molecule has 0 saturated carbocycles. The summed E-state index contributed by atoms with van der Waals surface area (Å²) in [6.45, 7) is 2.09. The van der Waals surface area contributed by atoms with Gasteiger partial charge in [0.1, 0.15) is 0 Å². The zero-order valence-electron chi connectivity index (χ0n) is 10.4. The molecule has 5 heteroatoms. The minimum Gasteiger partial charge on any atom is -0.377 e. The number of hydrogen-bond donors (Lipinski definition) is 2. The standard InChI is InChI=1S/C14H13ClN2OS/c1-8(9-2-3-19-7-9)16-13-4-10-5-14(18)17-12(10)6-11(13)15/h2-4,6-8,16H,5H2,1H3,(H,17,18). The van der Waals surface area contributed by atoms with Crippen molar-refractivity contribution in [2.45, 2.75) is 19.4 Å². The van der Waals surface area contributed by atoms with Crippen molar-refractivity contribution in [3.05, 3.63) is 45.1 Å². The highest BCUT2D eigenvalue weighted by atomic mass is 35.5. The average Bonchev–Trinajstić information content (AvgIpc) is 2.97. The Hall–Kier alpha value is -1.52. The van der Waals surface area contributed by atoms with Crippen molar-refractivity contribution in [1.29, 1.82) is 0 Å². The lowest BCUT2D eigenvalue weighted by Gasteiger charge is -2.16. The molecule has 1 atom stereocenters. The van der Waals surface area contributed by atoms with Gasteiger partial charge in [0.25, 0.3) is 0 Å². The van der Waals surface area contributed by atoms with Crippen LogP contribution in [0.15, 0.2) is 29.0 Å². The number of amides is 1. The van der Waals surface area contributed by atoms with Crippen molar-refractivity contribution in [1.82, 2.24) is 0 Å². The monoisotopic (exact) mass is 292 g/mol. The summed E-state index contributed by atoms with van der Waals surface area (Å²) in [6.07, 6.45) is 0.425. The van der Waals surface area contributed by atoms with Crippen molar-refractivity contribution in [2.75, 3.05) is 10.6 Å². The fourth-order valence-corrected chi connectivity index (χ4v) is 3.17. The molecule has 3 nitrogen and oxygen atoms in total. The number of carbonyl (C=O) groups is 1. The van der Waals surface area contributed by atoms with E-state index >= 15 is 0 Å². The summed E-state index contributed by atoms with van der Waals surface area (Å²) < 4.78 is 0. The predicted octanol–water partition coefficient (Wildman–Crippen LogP) is 4.07. The zero-order chi connectivity index (χ0) is 13.4. The summed E-state index contributed by atoms with van der Waals surface area (Å²) in [7, 11) is 0. The molecule has 0 bridgehead atoms. The number of thiophene rings is 1. The molecular weight excluding hydrogens is 280 g/mol. The van der Waals surface area contributed by atoms with Gasteiger partial charge in [-0.15, -0.1) is 0 Å². The zero-order valence-corrected chi connectivity index (χ0v) is 11.9. The van der Waals surface area contributed by atoms with E-state index < -0.39 is 0 Å². The molecule has 0 spiro atoms. The molecule has 1 amide bonds. The number of nitrogens with one attached hydrogen (secondary N) is 2. The molecule has 98 valence electrons. The highest BCUT2D eigenvalue weighted by Gasteiger charge is 2.20. The van der Waals surface area contributed by atoms with Gasteiger partial charge in [-0.1, -0.05) is 11.6 Å². The van der Waals surface area contributed by atoms with Crippen molar-refractivity contribution in [2.24, 2.45) is 0 Å². The van der Waals surface area contributed by atoms with Crippen molar-refractivity contribution < 1.29 is 4.79 Å². The topological polar surface area (TPSA) is 41.1 Å². The Morgan fingerprint density at radius 2 is 2.32 bits per heavy atom. The second-order valence-electron chi connectivity index (χ2n) is 4.64. The van der Waals surface area contributed by atoms with Crippen molar-refractivity contribution in [3.63, 3.8) is 0 Å². The molecule has 1 aliphatic rings. The molecule has 0 aliphatic carbocycles. The van der Waals surface area contributed by atoms with Crippen molar-refractivity contribution >= 4 is 40.2 Å². The van der Waals surface area contributed by atoms with Crippen LogP contribution in [0.4, 0.5) is 11.4 Å². The normalized spacial score (nSPS) is 14.9. The first-order valence-corrected chi connectivity index (χ1v) is 7.36. The van der Waals surface area contributed by atoms with Gasteiger partial charge in [0.15, 0.2) is 0 Å². The van der Waals surface area contributed by atoms with E-state index in [1.54, 1.807) is 11.3 Å². The maximum atomic E-state index is 11.4. The first kappa shape index (κ1) is 12.5. The Bertz CT molecular complexity index is 625. The van der Waals surface area contributed by atoms with Gasteiger partial charge in [0.05, 0.1) is 17.1 Å². The van der Waals surface area contributed by atoms with Crippen LogP contribution in [0.25, 0.3) is 0 Å². The predicted molar refractivity (Wildman–Crippen MR) is 80.1 cm³/mol. The molecule has 1 aliphatic heterocycles. The molecule has 2 aromatic rings. The maximum Gasteiger partial charge on any atom is 0.228 e. The average molecular weight is 293 g/mol. The summed E-state index contributed by atoms with van der Waals surface area (Å²) in [4.78, 5) is 11.4. The summed E-state index contributed by atoms with van der Waals surface area (Å²) in [5.74, 6) is 0.0223. The Morgan fingerprint density at radius 3 is 3.05 bits per heavy atom. The largest absolute Gasteiger partial charge is 0.377 e. The molecule has 0 saturated heterocycles. The van der Waals surface area contributed by atoms with E-state index in [4.69, 9.17) is 11.6 Å². The van der Waals surface area contributed by atoms with Gasteiger partial charge >= 0.3 is 0 Å². The molecule has 2 N–H and O–H groups in total. The van der Waals surface area contributed by atoms with Gasteiger partial charge in [0, 0.05) is 11.7 Å². The lowest BCUT2D eigenvalue weighted by molar-refractivity contribution is -0.115. The van der Waals surface area contributed by atoms with Gasteiger partial charge in [-0.2, -0.15) is 11.3 Å². The smallest absolute Gasteiger partial charge is 0.228 e. The van der Waals surface area contributed by atoms with E-state index in [-0.39, 0.29) is 11.9 Å². The second kappa shape index (κ2) is 4.87. The van der Waals surface area contributed by atoms with Gasteiger partial charge in [-0.05, 0) is 47.0 Å². The molecular formula is C14H13ClN2OS. The summed E-state index contributed by atoms with van der Waals surface area (Å²) in [5.41, 5.74) is 3.92. The third-order valence-electron chi connectivity index (χ3n) is 3.23. The first-order chi connectivity index (χ1) is 9.13. The Balaban J connectivity index is 1.86. The Labute approximate surface area is 120 Å².